The Labute approximate surface area is 196 Å². The number of thiophene rings is 1. The number of thiocarbonyl (C=S) groups is 1. The molecule has 0 bridgehead atoms. The third-order valence-electron chi connectivity index (χ3n) is 3.91. The van der Waals surface area contributed by atoms with Crippen molar-refractivity contribution < 1.29 is 14.3 Å². The molecule has 0 unspecified atom stereocenters. The van der Waals surface area contributed by atoms with Crippen LogP contribution in [0.25, 0.3) is 10.1 Å². The van der Waals surface area contributed by atoms with Crippen molar-refractivity contribution in [2.75, 3.05) is 6.61 Å². The molecule has 0 radical (unpaired) electrons. The van der Waals surface area contributed by atoms with Gasteiger partial charge in [0.05, 0.1) is 17.2 Å². The summed E-state index contributed by atoms with van der Waals surface area (Å²) < 4.78 is 7.24. The number of benzene rings is 2. The van der Waals surface area contributed by atoms with Crippen LogP contribution in [0.1, 0.15) is 33.4 Å². The van der Waals surface area contributed by atoms with Crippen molar-refractivity contribution in [2.45, 2.75) is 13.3 Å². The molecule has 2 aromatic carbocycles. The Morgan fingerprint density at radius 2 is 1.93 bits per heavy atom. The molecule has 156 valence electrons. The molecule has 0 saturated heterocycles. The number of amides is 2. The molecule has 0 saturated carbocycles. The van der Waals surface area contributed by atoms with Crippen LogP contribution >= 0.6 is 51.1 Å². The predicted octanol–water partition coefficient (Wildman–Crippen LogP) is 5.06. The van der Waals surface area contributed by atoms with Crippen molar-refractivity contribution in [1.82, 2.24) is 16.2 Å². The average molecular weight is 527 g/mol. The van der Waals surface area contributed by atoms with E-state index in [0.717, 1.165) is 21.0 Å². The zero-order valence-electron chi connectivity index (χ0n) is 15.8. The molecule has 0 spiro atoms. The van der Waals surface area contributed by atoms with Gasteiger partial charge in [0.2, 0.25) is 0 Å². The molecule has 1 aromatic heterocycles. The largest absolute Gasteiger partial charge is 0.493 e. The second-order valence-corrected chi connectivity index (χ2v) is 8.85. The van der Waals surface area contributed by atoms with Crippen LogP contribution in [0.2, 0.25) is 5.02 Å². The number of hydrazine groups is 1. The SMILES string of the molecule is CCCOc1ccc(Br)cc1C(=O)NC(=S)NNC(=O)c1sc2ccccc2c1Cl. The summed E-state index contributed by atoms with van der Waals surface area (Å²) in [4.78, 5) is 25.4. The van der Waals surface area contributed by atoms with Crippen LogP contribution in [-0.2, 0) is 0 Å². The first-order chi connectivity index (χ1) is 14.4. The third kappa shape index (κ3) is 5.28. The fourth-order valence-corrected chi connectivity index (χ4v) is 4.47. The Balaban J connectivity index is 1.63. The standard InChI is InChI=1S/C20H17BrClN3O3S2/c1-2-9-28-14-8-7-11(21)10-13(14)18(26)23-20(29)25-24-19(27)17-16(22)12-5-3-4-6-15(12)30-17/h3-8,10H,2,9H2,1H3,(H,24,27)(H2,23,25,26,29). The Morgan fingerprint density at radius 3 is 2.67 bits per heavy atom. The molecule has 0 aliphatic heterocycles. The van der Waals surface area contributed by atoms with Gasteiger partial charge in [0.25, 0.3) is 11.8 Å². The van der Waals surface area contributed by atoms with Gasteiger partial charge in [0, 0.05) is 14.6 Å². The van der Waals surface area contributed by atoms with E-state index in [2.05, 4.69) is 32.1 Å². The van der Waals surface area contributed by atoms with Gasteiger partial charge in [0.15, 0.2) is 5.11 Å². The lowest BCUT2D eigenvalue weighted by molar-refractivity contribution is 0.0937. The summed E-state index contributed by atoms with van der Waals surface area (Å²) in [7, 11) is 0. The first kappa shape index (κ1) is 22.5. The lowest BCUT2D eigenvalue weighted by Crippen LogP contribution is -2.48. The van der Waals surface area contributed by atoms with E-state index in [1.165, 1.54) is 11.3 Å². The summed E-state index contributed by atoms with van der Waals surface area (Å²) in [6.45, 7) is 2.46. The number of carbonyl (C=O) groups excluding carboxylic acids is 2. The monoisotopic (exact) mass is 525 g/mol. The van der Waals surface area contributed by atoms with E-state index < -0.39 is 11.8 Å². The Hall–Kier alpha value is -2.20. The summed E-state index contributed by atoms with van der Waals surface area (Å²) in [6.07, 6.45) is 0.809. The van der Waals surface area contributed by atoms with E-state index >= 15 is 0 Å². The van der Waals surface area contributed by atoms with Gasteiger partial charge in [0.1, 0.15) is 10.6 Å². The minimum absolute atomic E-state index is 0.0630. The lowest BCUT2D eigenvalue weighted by atomic mass is 10.2. The van der Waals surface area contributed by atoms with Gasteiger partial charge in [-0.2, -0.15) is 0 Å². The van der Waals surface area contributed by atoms with Crippen LogP contribution in [0.15, 0.2) is 46.9 Å². The molecule has 10 heteroatoms. The van der Waals surface area contributed by atoms with E-state index in [-0.39, 0.29) is 5.11 Å². The molecular formula is C20H17BrClN3O3S2. The van der Waals surface area contributed by atoms with Crippen molar-refractivity contribution in [3.63, 3.8) is 0 Å². The number of hydrogen-bond donors (Lipinski definition) is 3. The first-order valence-electron chi connectivity index (χ1n) is 8.91. The van der Waals surface area contributed by atoms with Crippen molar-refractivity contribution in [2.24, 2.45) is 0 Å². The van der Waals surface area contributed by atoms with Crippen molar-refractivity contribution >= 4 is 78.1 Å². The van der Waals surface area contributed by atoms with Gasteiger partial charge in [-0.05, 0) is 42.9 Å². The normalized spacial score (nSPS) is 10.5. The summed E-state index contributed by atoms with van der Waals surface area (Å²) in [6, 6.07) is 12.6. The molecule has 30 heavy (non-hydrogen) atoms. The van der Waals surface area contributed by atoms with Crippen molar-refractivity contribution in [3.05, 3.63) is 62.4 Å². The predicted molar refractivity (Wildman–Crippen MR) is 127 cm³/mol. The number of halogens is 2. The molecule has 0 fully saturated rings. The van der Waals surface area contributed by atoms with Crippen LogP contribution in [0.5, 0.6) is 5.75 Å². The van der Waals surface area contributed by atoms with Crippen LogP contribution in [-0.4, -0.2) is 23.5 Å². The Kier molecular flexibility index (Phi) is 7.65. The zero-order valence-corrected chi connectivity index (χ0v) is 19.7. The van der Waals surface area contributed by atoms with Gasteiger partial charge in [-0.15, -0.1) is 11.3 Å². The molecule has 0 aliphatic rings. The highest BCUT2D eigenvalue weighted by molar-refractivity contribution is 9.10. The van der Waals surface area contributed by atoms with Gasteiger partial charge < -0.3 is 4.74 Å². The summed E-state index contributed by atoms with van der Waals surface area (Å²) in [5.74, 6) is -0.470. The second-order valence-electron chi connectivity index (χ2n) is 6.09. The number of fused-ring (bicyclic) bond motifs is 1. The highest BCUT2D eigenvalue weighted by Crippen LogP contribution is 2.34. The van der Waals surface area contributed by atoms with E-state index in [1.807, 2.05) is 31.2 Å². The maximum Gasteiger partial charge on any atom is 0.281 e. The maximum absolute atomic E-state index is 12.6. The minimum atomic E-state index is -0.464. The summed E-state index contributed by atoms with van der Waals surface area (Å²) in [5.41, 5.74) is 5.30. The number of hydrogen-bond acceptors (Lipinski definition) is 5. The van der Waals surface area contributed by atoms with Crippen molar-refractivity contribution in [3.8, 4) is 5.75 Å². The molecular weight excluding hydrogens is 510 g/mol. The molecule has 0 aliphatic carbocycles. The summed E-state index contributed by atoms with van der Waals surface area (Å²) in [5, 5.41) is 3.64. The topological polar surface area (TPSA) is 79.5 Å². The summed E-state index contributed by atoms with van der Waals surface area (Å²) >= 11 is 16.0. The van der Waals surface area contributed by atoms with E-state index in [0.29, 0.717) is 27.8 Å². The Bertz CT molecular complexity index is 1120. The molecule has 0 atom stereocenters. The molecule has 2 amide bonds. The number of carbonyl (C=O) groups is 2. The molecule has 6 nitrogen and oxygen atoms in total. The molecule has 3 N–H and O–H groups in total. The molecule has 3 aromatic rings. The highest BCUT2D eigenvalue weighted by Gasteiger charge is 2.18. The average Bonchev–Trinajstić information content (AvgIpc) is 3.08. The second kappa shape index (κ2) is 10.2. The number of rotatable bonds is 5. The fourth-order valence-electron chi connectivity index (χ4n) is 2.55. The van der Waals surface area contributed by atoms with E-state index in [4.69, 9.17) is 28.6 Å². The maximum atomic E-state index is 12.6. The quantitative estimate of drug-likeness (QED) is 0.320. The molecule has 3 rings (SSSR count). The third-order valence-corrected chi connectivity index (χ3v) is 6.28. The highest BCUT2D eigenvalue weighted by atomic mass is 79.9. The van der Waals surface area contributed by atoms with Gasteiger partial charge in [-0.25, -0.2) is 0 Å². The van der Waals surface area contributed by atoms with Crippen LogP contribution in [0.4, 0.5) is 0 Å². The minimum Gasteiger partial charge on any atom is -0.493 e. The van der Waals surface area contributed by atoms with Crippen LogP contribution in [0, 0.1) is 0 Å². The Morgan fingerprint density at radius 1 is 1.17 bits per heavy atom. The van der Waals surface area contributed by atoms with Crippen molar-refractivity contribution in [1.29, 1.82) is 0 Å². The lowest BCUT2D eigenvalue weighted by Gasteiger charge is -2.13. The van der Waals surface area contributed by atoms with E-state index in [9.17, 15) is 9.59 Å². The van der Waals surface area contributed by atoms with Crippen LogP contribution in [0.3, 0.4) is 0 Å². The van der Waals surface area contributed by atoms with E-state index in [1.54, 1.807) is 18.2 Å². The molecule has 1 heterocycles. The number of ether oxygens (including phenoxy) is 1. The van der Waals surface area contributed by atoms with Gasteiger partial charge >= 0.3 is 0 Å². The first-order valence-corrected chi connectivity index (χ1v) is 11.3. The van der Waals surface area contributed by atoms with Gasteiger partial charge in [-0.3, -0.25) is 25.8 Å². The fraction of sp³-hybridized carbons (Fsp3) is 0.150. The smallest absolute Gasteiger partial charge is 0.281 e. The van der Waals surface area contributed by atoms with Crippen LogP contribution < -0.4 is 20.9 Å². The van der Waals surface area contributed by atoms with Gasteiger partial charge in [-0.1, -0.05) is 52.7 Å². The number of nitrogens with one attached hydrogen (secondary N) is 3. The zero-order chi connectivity index (χ0) is 21.7.